The van der Waals surface area contributed by atoms with Crippen LogP contribution in [0.5, 0.6) is 5.75 Å². The van der Waals surface area contributed by atoms with E-state index in [-0.39, 0.29) is 58.4 Å². The molecule has 1 aliphatic carbocycles. The summed E-state index contributed by atoms with van der Waals surface area (Å²) in [5.74, 6) is -0.800. The Morgan fingerprint density at radius 2 is 1.79 bits per heavy atom. The number of rotatable bonds is 7. The van der Waals surface area contributed by atoms with Gasteiger partial charge in [-0.3, -0.25) is 0 Å². The van der Waals surface area contributed by atoms with Gasteiger partial charge in [0.2, 0.25) is 5.95 Å². The lowest BCUT2D eigenvalue weighted by molar-refractivity contribution is -0.151. The predicted molar refractivity (Wildman–Crippen MR) is 138 cm³/mol. The van der Waals surface area contributed by atoms with E-state index in [0.29, 0.717) is 16.7 Å². The molecule has 39 heavy (non-hydrogen) atoms. The van der Waals surface area contributed by atoms with Crippen molar-refractivity contribution in [3.63, 3.8) is 0 Å². The van der Waals surface area contributed by atoms with Crippen molar-refractivity contribution in [2.75, 3.05) is 24.4 Å². The molecular formula is C26H23F4N5O3S. The summed E-state index contributed by atoms with van der Waals surface area (Å²) in [6.45, 7) is 0. The Morgan fingerprint density at radius 1 is 1.05 bits per heavy atom. The second kappa shape index (κ2) is 9.33. The lowest BCUT2D eigenvalue weighted by Gasteiger charge is -2.22. The number of alkyl halides is 3. The van der Waals surface area contributed by atoms with Gasteiger partial charge in [-0.1, -0.05) is 12.1 Å². The number of sulfone groups is 1. The molecule has 1 aliphatic rings. The van der Waals surface area contributed by atoms with Crippen LogP contribution in [0, 0.1) is 5.82 Å². The largest absolute Gasteiger partial charge is 0.495 e. The van der Waals surface area contributed by atoms with Crippen molar-refractivity contribution >= 4 is 32.6 Å². The van der Waals surface area contributed by atoms with Crippen molar-refractivity contribution in [3.05, 3.63) is 65.5 Å². The normalized spacial score (nSPS) is 14.8. The number of nitrogen functional groups attached to an aromatic ring is 1. The van der Waals surface area contributed by atoms with E-state index >= 15 is 0 Å². The molecule has 0 aliphatic heterocycles. The van der Waals surface area contributed by atoms with Gasteiger partial charge in [-0.25, -0.2) is 22.8 Å². The number of hydrogen-bond donors (Lipinski definition) is 2. The fourth-order valence-corrected chi connectivity index (χ4v) is 5.24. The number of anilines is 2. The van der Waals surface area contributed by atoms with Crippen molar-refractivity contribution in [2.24, 2.45) is 0 Å². The first-order valence-electron chi connectivity index (χ1n) is 11.7. The number of halogens is 4. The third kappa shape index (κ3) is 5.18. The maximum Gasteiger partial charge on any atom is 0.411 e. The number of hydrogen-bond acceptors (Lipinski definition) is 8. The molecule has 2 aromatic carbocycles. The van der Waals surface area contributed by atoms with Crippen molar-refractivity contribution in [1.82, 2.24) is 15.0 Å². The van der Waals surface area contributed by atoms with Crippen LogP contribution in [0.15, 0.2) is 53.4 Å². The topological polar surface area (TPSA) is 120 Å². The zero-order chi connectivity index (χ0) is 28.2. The molecule has 0 unspecified atom stereocenters. The zero-order valence-corrected chi connectivity index (χ0v) is 21.6. The molecule has 2 heterocycles. The Hall–Kier alpha value is -4.00. The van der Waals surface area contributed by atoms with E-state index < -0.39 is 27.4 Å². The molecule has 5 rings (SSSR count). The summed E-state index contributed by atoms with van der Waals surface area (Å²) in [6.07, 6.45) is -3.66. The van der Waals surface area contributed by atoms with Gasteiger partial charge in [0.25, 0.3) is 0 Å². The SMILES string of the molecule is COc1ccc(-c2cc(Cc3cccc(F)c3)c3nc(N)nc(NC4(C(F)(F)F)CC4)c3n2)cc1S(C)(=O)=O. The summed E-state index contributed by atoms with van der Waals surface area (Å²) in [7, 11) is -2.36. The number of nitrogens with zero attached hydrogens (tertiary/aromatic N) is 3. The van der Waals surface area contributed by atoms with E-state index in [4.69, 9.17) is 10.5 Å². The minimum absolute atomic E-state index is 0.0142. The molecule has 0 bridgehead atoms. The maximum atomic E-state index is 13.9. The first-order valence-corrected chi connectivity index (χ1v) is 13.6. The molecule has 3 N–H and O–H groups in total. The number of fused-ring (bicyclic) bond motifs is 1. The van der Waals surface area contributed by atoms with E-state index in [0.717, 1.165) is 6.26 Å². The number of pyridine rings is 1. The monoisotopic (exact) mass is 561 g/mol. The highest BCUT2D eigenvalue weighted by molar-refractivity contribution is 7.90. The Kier molecular flexibility index (Phi) is 6.36. The van der Waals surface area contributed by atoms with Crippen LogP contribution in [0.4, 0.5) is 29.3 Å². The number of nitrogens with one attached hydrogen (secondary N) is 1. The van der Waals surface area contributed by atoms with Gasteiger partial charge in [0, 0.05) is 11.8 Å². The average Bonchev–Trinajstić information content (AvgIpc) is 3.64. The van der Waals surface area contributed by atoms with E-state index in [9.17, 15) is 26.0 Å². The van der Waals surface area contributed by atoms with Crippen LogP contribution in [0.2, 0.25) is 0 Å². The lowest BCUT2D eigenvalue weighted by Crippen LogP contribution is -2.39. The number of benzene rings is 2. The van der Waals surface area contributed by atoms with Gasteiger partial charge < -0.3 is 15.8 Å². The van der Waals surface area contributed by atoms with Crippen molar-refractivity contribution < 1.29 is 30.7 Å². The van der Waals surface area contributed by atoms with Gasteiger partial charge in [-0.05, 0) is 66.8 Å². The third-order valence-electron chi connectivity index (χ3n) is 6.54. The summed E-state index contributed by atoms with van der Waals surface area (Å²) < 4.78 is 85.3. The molecule has 1 saturated carbocycles. The number of nitrogens with two attached hydrogens (primary N) is 1. The first-order chi connectivity index (χ1) is 18.3. The van der Waals surface area contributed by atoms with E-state index in [1.807, 2.05) is 0 Å². The molecule has 0 saturated heterocycles. The number of methoxy groups -OCH3 is 1. The second-order valence-corrected chi connectivity index (χ2v) is 11.4. The smallest absolute Gasteiger partial charge is 0.411 e. The molecule has 0 radical (unpaired) electrons. The van der Waals surface area contributed by atoms with Crippen LogP contribution in [0.3, 0.4) is 0 Å². The number of ether oxygens (including phenoxy) is 1. The van der Waals surface area contributed by atoms with Crippen LogP contribution in [0.1, 0.15) is 24.0 Å². The van der Waals surface area contributed by atoms with Crippen LogP contribution in [-0.2, 0) is 16.3 Å². The first kappa shape index (κ1) is 26.6. The molecule has 13 heteroatoms. The van der Waals surface area contributed by atoms with Crippen LogP contribution in [-0.4, -0.2) is 48.5 Å². The molecule has 0 spiro atoms. The zero-order valence-electron chi connectivity index (χ0n) is 20.8. The van der Waals surface area contributed by atoms with Gasteiger partial charge in [0.05, 0.1) is 12.8 Å². The van der Waals surface area contributed by atoms with E-state index in [2.05, 4.69) is 20.3 Å². The highest BCUT2D eigenvalue weighted by atomic mass is 32.2. The maximum absolute atomic E-state index is 13.9. The second-order valence-electron chi connectivity index (χ2n) is 9.44. The van der Waals surface area contributed by atoms with Crippen molar-refractivity contribution in [1.29, 1.82) is 0 Å². The molecule has 8 nitrogen and oxygen atoms in total. The Morgan fingerprint density at radius 3 is 2.41 bits per heavy atom. The van der Waals surface area contributed by atoms with Crippen LogP contribution < -0.4 is 15.8 Å². The molecule has 4 aromatic rings. The van der Waals surface area contributed by atoms with Gasteiger partial charge in [-0.2, -0.15) is 18.2 Å². The van der Waals surface area contributed by atoms with Gasteiger partial charge >= 0.3 is 6.18 Å². The van der Waals surface area contributed by atoms with Crippen molar-refractivity contribution in [3.8, 4) is 17.0 Å². The van der Waals surface area contributed by atoms with Crippen molar-refractivity contribution in [2.45, 2.75) is 35.9 Å². The molecule has 0 amide bonds. The average molecular weight is 562 g/mol. The molecule has 1 fully saturated rings. The fourth-order valence-electron chi connectivity index (χ4n) is 4.38. The molecule has 2 aromatic heterocycles. The van der Waals surface area contributed by atoms with E-state index in [1.165, 1.54) is 37.4 Å². The Labute approximate surface area is 221 Å². The summed E-state index contributed by atoms with van der Waals surface area (Å²) in [6, 6.07) is 11.9. The van der Waals surface area contributed by atoms with E-state index in [1.54, 1.807) is 18.2 Å². The fraction of sp³-hybridized carbons (Fsp3) is 0.269. The van der Waals surface area contributed by atoms with Crippen LogP contribution in [0.25, 0.3) is 22.3 Å². The molecular weight excluding hydrogens is 538 g/mol. The Balaban J connectivity index is 1.75. The van der Waals surface area contributed by atoms with Crippen LogP contribution >= 0.6 is 0 Å². The summed E-state index contributed by atoms with van der Waals surface area (Å²) >= 11 is 0. The predicted octanol–water partition coefficient (Wildman–Crippen LogP) is 4.92. The standard InChI is InChI=1S/C26H23F4N5O3S/c1-38-19-7-6-15(13-20(19)39(2,36)37)18-12-16(10-14-4-3-5-17(27)11-14)21-22(32-18)23(34-24(31)33-21)35-25(8-9-25)26(28,29)30/h3-7,11-13H,8-10H2,1-2H3,(H3,31,33,34,35). The van der Waals surface area contributed by atoms with Gasteiger partial charge in [-0.15, -0.1) is 0 Å². The molecule has 204 valence electrons. The third-order valence-corrected chi connectivity index (χ3v) is 7.66. The highest BCUT2D eigenvalue weighted by Gasteiger charge is 2.64. The quantitative estimate of drug-likeness (QED) is 0.305. The minimum Gasteiger partial charge on any atom is -0.495 e. The summed E-state index contributed by atoms with van der Waals surface area (Å²) in [4.78, 5) is 12.8. The van der Waals surface area contributed by atoms with Gasteiger partial charge in [0.1, 0.15) is 33.0 Å². The summed E-state index contributed by atoms with van der Waals surface area (Å²) in [5, 5.41) is 2.49. The minimum atomic E-state index is -4.54. The number of aromatic nitrogens is 3. The Bertz CT molecular complexity index is 1710. The van der Waals surface area contributed by atoms with Gasteiger partial charge in [0.15, 0.2) is 15.7 Å². The molecule has 0 atom stereocenters. The highest BCUT2D eigenvalue weighted by Crippen LogP contribution is 2.51. The summed E-state index contributed by atoms with van der Waals surface area (Å²) in [5.41, 5.74) is 5.59. The lowest BCUT2D eigenvalue weighted by atomic mass is 10.0.